The Hall–Kier alpha value is -0.580. The summed E-state index contributed by atoms with van der Waals surface area (Å²) >= 11 is 11.8. The minimum absolute atomic E-state index is 0.304. The molecule has 0 saturated heterocycles. The zero-order valence-electron chi connectivity index (χ0n) is 9.41. The Morgan fingerprint density at radius 1 is 1.44 bits per heavy atom. The minimum Gasteiger partial charge on any atom is -0.383 e. The average molecular weight is 264 g/mol. The summed E-state index contributed by atoms with van der Waals surface area (Å²) in [5.41, 5.74) is 0.767. The van der Waals surface area contributed by atoms with E-state index in [9.17, 15) is 0 Å². The number of halogens is 2. The van der Waals surface area contributed by atoms with E-state index in [1.54, 1.807) is 7.11 Å². The first kappa shape index (κ1) is 13.5. The summed E-state index contributed by atoms with van der Waals surface area (Å²) in [6, 6.07) is 0. The van der Waals surface area contributed by atoms with E-state index in [1.807, 2.05) is 6.92 Å². The molecular formula is C10H15Cl2N3O. The number of hydrogen-bond donors (Lipinski definition) is 0. The van der Waals surface area contributed by atoms with Crippen molar-refractivity contribution in [3.05, 3.63) is 17.0 Å². The van der Waals surface area contributed by atoms with Gasteiger partial charge in [0.25, 0.3) is 0 Å². The maximum atomic E-state index is 5.97. The van der Waals surface area contributed by atoms with Crippen molar-refractivity contribution in [1.29, 1.82) is 0 Å². The molecule has 0 atom stereocenters. The summed E-state index contributed by atoms with van der Waals surface area (Å²) in [6.07, 6.45) is 1.45. The van der Waals surface area contributed by atoms with Crippen LogP contribution in [-0.2, 0) is 10.6 Å². The van der Waals surface area contributed by atoms with E-state index in [1.165, 1.54) is 6.33 Å². The van der Waals surface area contributed by atoms with Crippen LogP contribution in [0.2, 0.25) is 5.15 Å². The number of anilines is 1. The lowest BCUT2D eigenvalue weighted by molar-refractivity contribution is 0.205. The largest absolute Gasteiger partial charge is 0.383 e. The summed E-state index contributed by atoms with van der Waals surface area (Å²) in [5, 5.41) is 0.413. The second kappa shape index (κ2) is 6.89. The Labute approximate surface area is 106 Å². The van der Waals surface area contributed by atoms with E-state index in [2.05, 4.69) is 14.9 Å². The number of aromatic nitrogens is 2. The van der Waals surface area contributed by atoms with Gasteiger partial charge >= 0.3 is 0 Å². The summed E-state index contributed by atoms with van der Waals surface area (Å²) in [6.45, 7) is 4.26. The van der Waals surface area contributed by atoms with Crippen molar-refractivity contribution in [3.8, 4) is 0 Å². The Morgan fingerprint density at radius 2 is 2.19 bits per heavy atom. The third-order valence-electron chi connectivity index (χ3n) is 2.25. The van der Waals surface area contributed by atoms with Gasteiger partial charge in [-0.3, -0.25) is 0 Å². The third-order valence-corrected chi connectivity index (χ3v) is 2.84. The molecular weight excluding hydrogens is 249 g/mol. The van der Waals surface area contributed by atoms with Crippen LogP contribution < -0.4 is 4.90 Å². The van der Waals surface area contributed by atoms with E-state index in [-0.39, 0.29) is 0 Å². The summed E-state index contributed by atoms with van der Waals surface area (Å²) in [7, 11) is 1.67. The van der Waals surface area contributed by atoms with Crippen molar-refractivity contribution in [3.63, 3.8) is 0 Å². The van der Waals surface area contributed by atoms with Gasteiger partial charge in [-0.15, -0.1) is 11.6 Å². The number of nitrogens with zero attached hydrogens (tertiary/aromatic N) is 3. The van der Waals surface area contributed by atoms with Crippen molar-refractivity contribution >= 4 is 29.0 Å². The molecule has 1 aromatic rings. The van der Waals surface area contributed by atoms with Crippen LogP contribution in [0, 0.1) is 0 Å². The molecule has 0 aliphatic heterocycles. The topological polar surface area (TPSA) is 38.2 Å². The van der Waals surface area contributed by atoms with Gasteiger partial charge in [0, 0.05) is 25.8 Å². The normalized spacial score (nSPS) is 10.5. The molecule has 0 N–H and O–H groups in total. The smallest absolute Gasteiger partial charge is 0.138 e. The fraction of sp³-hybridized carbons (Fsp3) is 0.600. The molecule has 0 fully saturated rings. The number of hydrogen-bond acceptors (Lipinski definition) is 4. The molecule has 0 aromatic carbocycles. The van der Waals surface area contributed by atoms with Gasteiger partial charge in [-0.25, -0.2) is 9.97 Å². The van der Waals surface area contributed by atoms with E-state index in [4.69, 9.17) is 27.9 Å². The molecule has 0 spiro atoms. The van der Waals surface area contributed by atoms with Crippen LogP contribution in [0.15, 0.2) is 6.33 Å². The van der Waals surface area contributed by atoms with Gasteiger partial charge in [0.05, 0.1) is 12.5 Å². The molecule has 1 rings (SSSR count). The van der Waals surface area contributed by atoms with E-state index in [0.717, 1.165) is 24.5 Å². The lowest BCUT2D eigenvalue weighted by Gasteiger charge is -2.23. The summed E-state index contributed by atoms with van der Waals surface area (Å²) in [4.78, 5) is 10.2. The zero-order valence-corrected chi connectivity index (χ0v) is 10.9. The van der Waals surface area contributed by atoms with Crippen LogP contribution in [0.25, 0.3) is 0 Å². The van der Waals surface area contributed by atoms with Crippen LogP contribution >= 0.6 is 23.2 Å². The lowest BCUT2D eigenvalue weighted by atomic mass is 10.3. The predicted octanol–water partition coefficient (Wildman–Crippen LogP) is 2.34. The van der Waals surface area contributed by atoms with Crippen LogP contribution in [0.5, 0.6) is 0 Å². The van der Waals surface area contributed by atoms with Crippen molar-refractivity contribution in [1.82, 2.24) is 9.97 Å². The first-order valence-corrected chi connectivity index (χ1v) is 5.95. The third kappa shape index (κ3) is 3.20. The van der Waals surface area contributed by atoms with Gasteiger partial charge < -0.3 is 9.64 Å². The second-order valence-electron chi connectivity index (χ2n) is 3.17. The number of likely N-dealkylation sites (N-methyl/N-ethyl adjacent to an activating group) is 1. The van der Waals surface area contributed by atoms with Crippen LogP contribution in [0.3, 0.4) is 0 Å². The molecule has 16 heavy (non-hydrogen) atoms. The first-order chi connectivity index (χ1) is 7.74. The standard InChI is InChI=1S/C10H15Cl2N3O/c1-3-15(4-5-16-2)10-8(6-11)9(12)13-7-14-10/h7H,3-6H2,1-2H3. The van der Waals surface area contributed by atoms with Crippen LogP contribution in [0.4, 0.5) is 5.82 Å². The molecule has 4 nitrogen and oxygen atoms in total. The van der Waals surface area contributed by atoms with E-state index < -0.39 is 0 Å². The molecule has 1 heterocycles. The Kier molecular flexibility index (Phi) is 5.80. The highest BCUT2D eigenvalue weighted by Gasteiger charge is 2.14. The molecule has 0 aliphatic rings. The highest BCUT2D eigenvalue weighted by molar-refractivity contribution is 6.31. The Morgan fingerprint density at radius 3 is 2.75 bits per heavy atom. The number of rotatable bonds is 6. The quantitative estimate of drug-likeness (QED) is 0.584. The molecule has 0 unspecified atom stereocenters. The monoisotopic (exact) mass is 263 g/mol. The van der Waals surface area contributed by atoms with E-state index in [0.29, 0.717) is 17.6 Å². The van der Waals surface area contributed by atoms with Gasteiger partial charge in [-0.1, -0.05) is 11.6 Å². The second-order valence-corrected chi connectivity index (χ2v) is 3.80. The number of ether oxygens (including phenoxy) is 1. The fourth-order valence-corrected chi connectivity index (χ4v) is 1.89. The maximum Gasteiger partial charge on any atom is 0.138 e. The molecule has 1 aromatic heterocycles. The van der Waals surface area contributed by atoms with Gasteiger partial charge in [-0.05, 0) is 6.92 Å². The average Bonchev–Trinajstić information content (AvgIpc) is 2.30. The molecule has 90 valence electrons. The predicted molar refractivity (Wildman–Crippen MR) is 66.4 cm³/mol. The molecule has 0 radical (unpaired) electrons. The Balaban J connectivity index is 2.94. The van der Waals surface area contributed by atoms with Gasteiger partial charge in [0.2, 0.25) is 0 Å². The summed E-state index contributed by atoms with van der Waals surface area (Å²) < 4.78 is 5.05. The van der Waals surface area contributed by atoms with Gasteiger partial charge in [-0.2, -0.15) is 0 Å². The molecule has 0 saturated carbocycles. The zero-order chi connectivity index (χ0) is 12.0. The van der Waals surface area contributed by atoms with Gasteiger partial charge in [0.1, 0.15) is 17.3 Å². The Bertz CT molecular complexity index is 336. The van der Waals surface area contributed by atoms with Crippen molar-refractivity contribution in [2.45, 2.75) is 12.8 Å². The minimum atomic E-state index is 0.304. The first-order valence-electron chi connectivity index (χ1n) is 5.03. The van der Waals surface area contributed by atoms with E-state index >= 15 is 0 Å². The van der Waals surface area contributed by atoms with Gasteiger partial charge in [0.15, 0.2) is 0 Å². The van der Waals surface area contributed by atoms with Crippen LogP contribution in [-0.4, -0.2) is 36.8 Å². The number of methoxy groups -OCH3 is 1. The highest BCUT2D eigenvalue weighted by Crippen LogP contribution is 2.24. The SMILES string of the molecule is CCN(CCOC)c1ncnc(Cl)c1CCl. The molecule has 0 amide bonds. The van der Waals surface area contributed by atoms with Crippen molar-refractivity contribution in [2.24, 2.45) is 0 Å². The highest BCUT2D eigenvalue weighted by atomic mass is 35.5. The lowest BCUT2D eigenvalue weighted by Crippen LogP contribution is -2.28. The maximum absolute atomic E-state index is 5.97. The molecule has 0 bridgehead atoms. The van der Waals surface area contributed by atoms with Crippen molar-refractivity contribution < 1.29 is 4.74 Å². The number of alkyl halides is 1. The fourth-order valence-electron chi connectivity index (χ4n) is 1.39. The van der Waals surface area contributed by atoms with Crippen molar-refractivity contribution in [2.75, 3.05) is 31.7 Å². The molecule has 0 aliphatic carbocycles. The summed E-state index contributed by atoms with van der Waals surface area (Å²) in [5.74, 6) is 1.09. The van der Waals surface area contributed by atoms with Crippen LogP contribution in [0.1, 0.15) is 12.5 Å². The molecule has 6 heteroatoms.